The summed E-state index contributed by atoms with van der Waals surface area (Å²) in [6, 6.07) is 0. The fourth-order valence-electron chi connectivity index (χ4n) is 1.32. The van der Waals surface area contributed by atoms with E-state index < -0.39 is 23.3 Å². The summed E-state index contributed by atoms with van der Waals surface area (Å²) in [5.41, 5.74) is -0.956. The van der Waals surface area contributed by atoms with Crippen molar-refractivity contribution < 1.29 is 17.7 Å². The molecule has 0 saturated carbocycles. The molecule has 0 aliphatic heterocycles. The first-order chi connectivity index (χ1) is 9.37. The molecule has 2 aromatic heterocycles. The Balaban J connectivity index is 2.16. The van der Waals surface area contributed by atoms with Crippen LogP contribution in [0.25, 0.3) is 0 Å². The van der Waals surface area contributed by atoms with E-state index in [1.807, 2.05) is 0 Å². The highest BCUT2D eigenvalue weighted by Gasteiger charge is 2.29. The standard InChI is InChI=1S/C9H7ClF3N5O2/c10-7-5(14-2-6-15-4-20-17-6)1-16-18(8(7)19)3-9(11,12)13/h1,4,14H,2-3H2. The lowest BCUT2D eigenvalue weighted by Crippen LogP contribution is -2.30. The van der Waals surface area contributed by atoms with Crippen molar-refractivity contribution in [1.82, 2.24) is 19.9 Å². The minimum Gasteiger partial charge on any atom is -0.375 e. The summed E-state index contributed by atoms with van der Waals surface area (Å²) in [6.07, 6.45) is -2.42. The summed E-state index contributed by atoms with van der Waals surface area (Å²) < 4.78 is 41.3. The van der Waals surface area contributed by atoms with Crippen molar-refractivity contribution in [3.8, 4) is 0 Å². The van der Waals surface area contributed by atoms with Gasteiger partial charge in [-0.15, -0.1) is 0 Å². The topological polar surface area (TPSA) is 85.8 Å². The van der Waals surface area contributed by atoms with Crippen LogP contribution in [0, 0.1) is 0 Å². The number of hydrogen-bond donors (Lipinski definition) is 1. The molecule has 0 aromatic carbocycles. The third kappa shape index (κ3) is 3.47. The van der Waals surface area contributed by atoms with Gasteiger partial charge < -0.3 is 9.84 Å². The van der Waals surface area contributed by atoms with E-state index in [9.17, 15) is 18.0 Å². The highest BCUT2D eigenvalue weighted by Crippen LogP contribution is 2.19. The average molecular weight is 310 g/mol. The molecule has 0 spiro atoms. The van der Waals surface area contributed by atoms with Crippen molar-refractivity contribution in [3.05, 3.63) is 33.8 Å². The van der Waals surface area contributed by atoms with E-state index in [0.717, 1.165) is 12.6 Å². The first kappa shape index (κ1) is 14.3. The van der Waals surface area contributed by atoms with Gasteiger partial charge in [-0.1, -0.05) is 16.8 Å². The van der Waals surface area contributed by atoms with Crippen LogP contribution in [0.15, 0.2) is 21.9 Å². The van der Waals surface area contributed by atoms with Crippen LogP contribution in [0.5, 0.6) is 0 Å². The molecule has 20 heavy (non-hydrogen) atoms. The molecule has 108 valence electrons. The molecule has 0 aliphatic rings. The number of rotatable bonds is 4. The van der Waals surface area contributed by atoms with Crippen LogP contribution in [0.3, 0.4) is 0 Å². The van der Waals surface area contributed by atoms with E-state index in [2.05, 4.69) is 25.1 Å². The van der Waals surface area contributed by atoms with Gasteiger partial charge in [0.1, 0.15) is 11.6 Å². The van der Waals surface area contributed by atoms with Crippen molar-refractivity contribution in [3.63, 3.8) is 0 Å². The van der Waals surface area contributed by atoms with Crippen LogP contribution >= 0.6 is 11.6 Å². The second-order valence-corrected chi connectivity index (χ2v) is 4.03. The fraction of sp³-hybridized carbons (Fsp3) is 0.333. The molecule has 0 saturated heterocycles. The normalized spacial score (nSPS) is 11.6. The van der Waals surface area contributed by atoms with Crippen LogP contribution in [-0.2, 0) is 13.1 Å². The summed E-state index contributed by atoms with van der Waals surface area (Å²) in [5, 5.41) is 9.18. The van der Waals surface area contributed by atoms with E-state index in [1.54, 1.807) is 0 Å². The molecule has 0 aliphatic carbocycles. The van der Waals surface area contributed by atoms with Crippen molar-refractivity contribution in [1.29, 1.82) is 0 Å². The van der Waals surface area contributed by atoms with Crippen LogP contribution in [0.4, 0.5) is 18.9 Å². The summed E-state index contributed by atoms with van der Waals surface area (Å²) >= 11 is 5.70. The highest BCUT2D eigenvalue weighted by molar-refractivity contribution is 6.32. The maximum Gasteiger partial charge on any atom is 0.408 e. The molecule has 2 heterocycles. The van der Waals surface area contributed by atoms with Crippen molar-refractivity contribution in [2.24, 2.45) is 0 Å². The number of hydrogen-bond acceptors (Lipinski definition) is 6. The maximum absolute atomic E-state index is 12.2. The third-order valence-electron chi connectivity index (χ3n) is 2.16. The lowest BCUT2D eigenvalue weighted by atomic mass is 10.4. The van der Waals surface area contributed by atoms with Crippen LogP contribution in [0.1, 0.15) is 5.82 Å². The van der Waals surface area contributed by atoms with E-state index in [4.69, 9.17) is 11.6 Å². The van der Waals surface area contributed by atoms with Crippen molar-refractivity contribution in [2.45, 2.75) is 19.3 Å². The van der Waals surface area contributed by atoms with Gasteiger partial charge >= 0.3 is 6.18 Å². The zero-order valence-corrected chi connectivity index (χ0v) is 10.4. The van der Waals surface area contributed by atoms with Gasteiger partial charge in [0.25, 0.3) is 5.56 Å². The molecule has 0 bridgehead atoms. The zero-order valence-electron chi connectivity index (χ0n) is 9.69. The van der Waals surface area contributed by atoms with Gasteiger partial charge in [-0.05, 0) is 0 Å². The first-order valence-corrected chi connectivity index (χ1v) is 5.56. The smallest absolute Gasteiger partial charge is 0.375 e. The molecular weight excluding hydrogens is 303 g/mol. The molecule has 0 fully saturated rings. The van der Waals surface area contributed by atoms with Crippen molar-refractivity contribution >= 4 is 17.3 Å². The Kier molecular flexibility index (Phi) is 3.93. The Morgan fingerprint density at radius 3 is 2.80 bits per heavy atom. The van der Waals surface area contributed by atoms with Crippen LogP contribution in [-0.4, -0.2) is 26.1 Å². The molecule has 2 rings (SSSR count). The predicted molar refractivity (Wildman–Crippen MR) is 61.2 cm³/mol. The van der Waals surface area contributed by atoms with Gasteiger partial charge in [0.15, 0.2) is 5.82 Å². The number of nitrogens with one attached hydrogen (secondary N) is 1. The Labute approximate surface area is 114 Å². The lowest BCUT2D eigenvalue weighted by molar-refractivity contribution is -0.143. The van der Waals surface area contributed by atoms with Crippen molar-refractivity contribution in [2.75, 3.05) is 5.32 Å². The number of aromatic nitrogens is 4. The molecule has 2 aromatic rings. The molecule has 0 radical (unpaired) electrons. The van der Waals surface area contributed by atoms with E-state index >= 15 is 0 Å². The first-order valence-electron chi connectivity index (χ1n) is 5.18. The minimum absolute atomic E-state index is 0.0832. The molecule has 1 N–H and O–H groups in total. The van der Waals surface area contributed by atoms with Crippen LogP contribution in [0.2, 0.25) is 5.02 Å². The van der Waals surface area contributed by atoms with Gasteiger partial charge in [-0.25, -0.2) is 4.68 Å². The summed E-state index contributed by atoms with van der Waals surface area (Å²) in [4.78, 5) is 15.3. The maximum atomic E-state index is 12.2. The molecule has 11 heteroatoms. The molecule has 0 unspecified atom stereocenters. The Bertz CT molecular complexity index is 640. The van der Waals surface area contributed by atoms with Crippen LogP contribution < -0.4 is 10.9 Å². The number of nitrogens with zero attached hydrogens (tertiary/aromatic N) is 4. The Morgan fingerprint density at radius 2 is 2.20 bits per heavy atom. The quantitative estimate of drug-likeness (QED) is 0.920. The largest absolute Gasteiger partial charge is 0.408 e. The summed E-state index contributed by atoms with van der Waals surface area (Å²) in [7, 11) is 0. The van der Waals surface area contributed by atoms with Gasteiger partial charge in [0.05, 0.1) is 18.4 Å². The van der Waals surface area contributed by atoms with E-state index in [-0.39, 0.29) is 16.9 Å². The second-order valence-electron chi connectivity index (χ2n) is 3.65. The van der Waals surface area contributed by atoms with Gasteiger partial charge in [0, 0.05) is 0 Å². The number of anilines is 1. The number of alkyl halides is 3. The molecule has 0 amide bonds. The summed E-state index contributed by atoms with van der Waals surface area (Å²) in [6.45, 7) is -1.42. The Hall–Kier alpha value is -2.10. The third-order valence-corrected chi connectivity index (χ3v) is 2.52. The molecular formula is C9H7ClF3N5O2. The molecule has 7 nitrogen and oxygen atoms in total. The molecule has 0 atom stereocenters. The number of halogens is 4. The lowest BCUT2D eigenvalue weighted by Gasteiger charge is -2.10. The second kappa shape index (κ2) is 5.49. The summed E-state index contributed by atoms with van der Waals surface area (Å²) in [5.74, 6) is 0.292. The average Bonchev–Trinajstić information content (AvgIpc) is 2.86. The van der Waals surface area contributed by atoms with Gasteiger partial charge in [-0.2, -0.15) is 23.3 Å². The van der Waals surface area contributed by atoms with Gasteiger partial charge in [-0.3, -0.25) is 4.79 Å². The predicted octanol–water partition coefficient (Wildman–Crippen LogP) is 1.45. The zero-order chi connectivity index (χ0) is 14.8. The Morgan fingerprint density at radius 1 is 1.45 bits per heavy atom. The highest BCUT2D eigenvalue weighted by atomic mass is 35.5. The SMILES string of the molecule is O=c1c(Cl)c(NCc2ncon2)cnn1CC(F)(F)F. The van der Waals surface area contributed by atoms with E-state index in [1.165, 1.54) is 0 Å². The van der Waals surface area contributed by atoms with E-state index in [0.29, 0.717) is 5.82 Å². The minimum atomic E-state index is -4.56. The fourth-order valence-corrected chi connectivity index (χ4v) is 1.53. The van der Waals surface area contributed by atoms with Gasteiger partial charge in [0.2, 0.25) is 6.39 Å². The monoisotopic (exact) mass is 309 g/mol.